The molecule has 0 aliphatic carbocycles. The van der Waals surface area contributed by atoms with Crippen LogP contribution in [0.2, 0.25) is 0 Å². The molecule has 0 saturated carbocycles. The van der Waals surface area contributed by atoms with Crippen molar-refractivity contribution in [3.8, 4) is 22.6 Å². The Morgan fingerprint density at radius 3 is 2.50 bits per heavy atom. The van der Waals surface area contributed by atoms with Crippen molar-refractivity contribution in [3.05, 3.63) is 65.3 Å². The molecule has 0 aliphatic rings. The van der Waals surface area contributed by atoms with Crippen LogP contribution in [-0.2, 0) is 9.53 Å². The fourth-order valence-electron chi connectivity index (χ4n) is 2.71. The average molecular weight is 429 g/mol. The summed E-state index contributed by atoms with van der Waals surface area (Å²) < 4.78 is 29.2. The summed E-state index contributed by atoms with van der Waals surface area (Å²) in [6.07, 6.45) is 0. The van der Waals surface area contributed by atoms with Gasteiger partial charge in [-0.3, -0.25) is 4.79 Å². The molecule has 0 unspecified atom stereocenters. The van der Waals surface area contributed by atoms with Gasteiger partial charge in [0.15, 0.2) is 18.2 Å². The molecule has 1 N–H and O–H groups in total. The Morgan fingerprint density at radius 1 is 1.10 bits per heavy atom. The van der Waals surface area contributed by atoms with Gasteiger partial charge in [0.2, 0.25) is 0 Å². The van der Waals surface area contributed by atoms with Crippen molar-refractivity contribution in [2.75, 3.05) is 25.6 Å². The van der Waals surface area contributed by atoms with Crippen molar-refractivity contribution in [3.63, 3.8) is 0 Å². The SMILES string of the molecule is CCOC(=O)c1c(-c2ccc(OC)cc2)csc1NC(=O)COc1ccccc1F. The first-order valence-electron chi connectivity index (χ1n) is 9.13. The Morgan fingerprint density at radius 2 is 1.83 bits per heavy atom. The summed E-state index contributed by atoms with van der Waals surface area (Å²) in [4.78, 5) is 24.9. The number of anilines is 1. The van der Waals surface area contributed by atoms with Crippen LogP contribution in [0.15, 0.2) is 53.9 Å². The Hall–Kier alpha value is -3.39. The molecule has 30 heavy (non-hydrogen) atoms. The third kappa shape index (κ3) is 4.96. The van der Waals surface area contributed by atoms with Gasteiger partial charge in [-0.25, -0.2) is 9.18 Å². The molecule has 0 saturated heterocycles. The second-order valence-electron chi connectivity index (χ2n) is 6.07. The predicted octanol–water partition coefficient (Wildman–Crippen LogP) is 4.76. The number of methoxy groups -OCH3 is 1. The lowest BCUT2D eigenvalue weighted by molar-refractivity contribution is -0.118. The number of halogens is 1. The largest absolute Gasteiger partial charge is 0.497 e. The van der Waals surface area contributed by atoms with E-state index in [4.69, 9.17) is 14.2 Å². The molecular weight excluding hydrogens is 409 g/mol. The van der Waals surface area contributed by atoms with E-state index < -0.39 is 24.3 Å². The minimum Gasteiger partial charge on any atom is -0.497 e. The van der Waals surface area contributed by atoms with Crippen molar-refractivity contribution in [2.24, 2.45) is 0 Å². The second-order valence-corrected chi connectivity index (χ2v) is 6.95. The highest BCUT2D eigenvalue weighted by molar-refractivity contribution is 7.15. The number of para-hydroxylation sites is 1. The van der Waals surface area contributed by atoms with E-state index in [2.05, 4.69) is 5.32 Å². The predicted molar refractivity (Wildman–Crippen MR) is 113 cm³/mol. The molecule has 8 heteroatoms. The van der Waals surface area contributed by atoms with Gasteiger partial charge in [-0.05, 0) is 36.8 Å². The van der Waals surface area contributed by atoms with E-state index >= 15 is 0 Å². The van der Waals surface area contributed by atoms with Crippen LogP contribution in [0.4, 0.5) is 9.39 Å². The number of carbonyl (C=O) groups excluding carboxylic acids is 2. The quantitative estimate of drug-likeness (QED) is 0.523. The normalized spacial score (nSPS) is 10.4. The van der Waals surface area contributed by atoms with Crippen LogP contribution in [-0.4, -0.2) is 32.2 Å². The van der Waals surface area contributed by atoms with E-state index in [1.165, 1.54) is 29.5 Å². The molecule has 156 valence electrons. The van der Waals surface area contributed by atoms with Crippen LogP contribution in [0.1, 0.15) is 17.3 Å². The second kappa shape index (κ2) is 9.89. The summed E-state index contributed by atoms with van der Waals surface area (Å²) in [5.74, 6) is -0.967. The monoisotopic (exact) mass is 429 g/mol. The molecular formula is C22H20FNO5S. The molecule has 0 bridgehead atoms. The van der Waals surface area contributed by atoms with E-state index in [1.807, 2.05) is 12.1 Å². The lowest BCUT2D eigenvalue weighted by Gasteiger charge is -2.10. The van der Waals surface area contributed by atoms with E-state index in [0.29, 0.717) is 16.3 Å². The summed E-state index contributed by atoms with van der Waals surface area (Å²) in [6.45, 7) is 1.50. The molecule has 6 nitrogen and oxygen atoms in total. The summed E-state index contributed by atoms with van der Waals surface area (Å²) in [6, 6.07) is 13.0. The van der Waals surface area contributed by atoms with Gasteiger partial charge in [0, 0.05) is 10.9 Å². The van der Waals surface area contributed by atoms with Crippen LogP contribution in [0.25, 0.3) is 11.1 Å². The molecule has 0 aliphatic heterocycles. The van der Waals surface area contributed by atoms with Gasteiger partial charge < -0.3 is 19.5 Å². The number of hydrogen-bond donors (Lipinski definition) is 1. The molecule has 2 aromatic carbocycles. The summed E-state index contributed by atoms with van der Waals surface area (Å²) in [5, 5.41) is 4.76. The Bertz CT molecular complexity index is 1030. The minimum atomic E-state index is -0.560. The van der Waals surface area contributed by atoms with Gasteiger partial charge in [-0.2, -0.15) is 0 Å². The van der Waals surface area contributed by atoms with Crippen LogP contribution in [0.5, 0.6) is 11.5 Å². The molecule has 1 heterocycles. The van der Waals surface area contributed by atoms with Gasteiger partial charge in [-0.1, -0.05) is 24.3 Å². The lowest BCUT2D eigenvalue weighted by atomic mass is 10.0. The molecule has 1 amide bonds. The highest BCUT2D eigenvalue weighted by Crippen LogP contribution is 2.36. The summed E-state index contributed by atoms with van der Waals surface area (Å²) >= 11 is 1.19. The number of benzene rings is 2. The summed E-state index contributed by atoms with van der Waals surface area (Å²) in [7, 11) is 1.57. The number of thiophene rings is 1. The van der Waals surface area contributed by atoms with Crippen molar-refractivity contribution < 1.29 is 28.2 Å². The smallest absolute Gasteiger partial charge is 0.341 e. The zero-order chi connectivity index (χ0) is 21.5. The van der Waals surface area contributed by atoms with E-state index in [0.717, 1.165) is 5.56 Å². The standard InChI is InChI=1S/C22H20FNO5S/c1-3-28-22(26)20-16(14-8-10-15(27-2)11-9-14)13-30-21(20)24-19(25)12-29-18-7-5-4-6-17(18)23/h4-11,13H,3,12H2,1-2H3,(H,24,25). The highest BCUT2D eigenvalue weighted by atomic mass is 32.1. The first-order chi connectivity index (χ1) is 14.5. The van der Waals surface area contributed by atoms with Gasteiger partial charge in [-0.15, -0.1) is 11.3 Å². The van der Waals surface area contributed by atoms with Crippen molar-refractivity contribution in [2.45, 2.75) is 6.92 Å². The maximum atomic E-state index is 13.6. The number of amides is 1. The molecule has 1 aromatic heterocycles. The van der Waals surface area contributed by atoms with Crippen LogP contribution in [0.3, 0.4) is 0 Å². The number of rotatable bonds is 8. The molecule has 0 radical (unpaired) electrons. The fourth-order valence-corrected chi connectivity index (χ4v) is 3.68. The zero-order valence-electron chi connectivity index (χ0n) is 16.4. The number of carbonyl (C=O) groups is 2. The Balaban J connectivity index is 1.81. The Labute approximate surface area is 177 Å². The maximum absolute atomic E-state index is 13.6. The number of ether oxygens (including phenoxy) is 3. The molecule has 0 atom stereocenters. The third-order valence-electron chi connectivity index (χ3n) is 4.12. The van der Waals surface area contributed by atoms with Crippen molar-refractivity contribution >= 4 is 28.2 Å². The summed E-state index contributed by atoms with van der Waals surface area (Å²) in [5.41, 5.74) is 1.66. The first kappa shape index (κ1) is 21.3. The zero-order valence-corrected chi connectivity index (χ0v) is 17.3. The van der Waals surface area contributed by atoms with E-state index in [9.17, 15) is 14.0 Å². The average Bonchev–Trinajstić information content (AvgIpc) is 3.17. The first-order valence-corrected chi connectivity index (χ1v) is 10.0. The maximum Gasteiger partial charge on any atom is 0.341 e. The van der Waals surface area contributed by atoms with Crippen LogP contribution in [0, 0.1) is 5.82 Å². The molecule has 0 fully saturated rings. The van der Waals surface area contributed by atoms with Gasteiger partial charge in [0.1, 0.15) is 16.3 Å². The van der Waals surface area contributed by atoms with Crippen LogP contribution < -0.4 is 14.8 Å². The number of hydrogen-bond acceptors (Lipinski definition) is 6. The molecule has 3 aromatic rings. The Kier molecular flexibility index (Phi) is 7.03. The fraction of sp³-hybridized carbons (Fsp3) is 0.182. The van der Waals surface area contributed by atoms with E-state index in [-0.39, 0.29) is 17.9 Å². The molecule has 0 spiro atoms. The van der Waals surface area contributed by atoms with Gasteiger partial charge >= 0.3 is 5.97 Å². The molecule has 3 rings (SSSR count). The lowest BCUT2D eigenvalue weighted by Crippen LogP contribution is -2.21. The van der Waals surface area contributed by atoms with Gasteiger partial charge in [0.05, 0.1) is 13.7 Å². The highest BCUT2D eigenvalue weighted by Gasteiger charge is 2.23. The minimum absolute atomic E-state index is 0.0247. The van der Waals surface area contributed by atoms with Gasteiger partial charge in [0.25, 0.3) is 5.91 Å². The van der Waals surface area contributed by atoms with E-state index in [1.54, 1.807) is 37.6 Å². The third-order valence-corrected chi connectivity index (χ3v) is 5.02. The van der Waals surface area contributed by atoms with Crippen molar-refractivity contribution in [1.29, 1.82) is 0 Å². The number of nitrogens with one attached hydrogen (secondary N) is 1. The number of esters is 1. The topological polar surface area (TPSA) is 73.9 Å². The van der Waals surface area contributed by atoms with Crippen LogP contribution >= 0.6 is 11.3 Å². The van der Waals surface area contributed by atoms with Crippen molar-refractivity contribution in [1.82, 2.24) is 0 Å².